The summed E-state index contributed by atoms with van der Waals surface area (Å²) in [5, 5.41) is 10.7. The highest BCUT2D eigenvalue weighted by molar-refractivity contribution is 5.87. The van der Waals surface area contributed by atoms with E-state index in [1.807, 2.05) is 0 Å². The van der Waals surface area contributed by atoms with E-state index in [4.69, 9.17) is 0 Å². The number of hydrogen-bond donors (Lipinski definition) is 0. The molecule has 1 aliphatic heterocycles. The number of alkyl halides is 2. The van der Waals surface area contributed by atoms with Crippen LogP contribution in [0.5, 0.6) is 0 Å². The van der Waals surface area contributed by atoms with Crippen LogP contribution in [0.15, 0.2) is 35.4 Å². The highest BCUT2D eigenvalue weighted by Gasteiger charge is 2.38. The number of aryl methyl sites for hydroxylation is 1. The lowest BCUT2D eigenvalue weighted by Crippen LogP contribution is -2.36. The highest BCUT2D eigenvalue weighted by atomic mass is 19.3. The molecular weight excluding hydrogens is 485 g/mol. The van der Waals surface area contributed by atoms with Gasteiger partial charge in [0.05, 0.1) is 22.4 Å². The molecule has 1 aromatic carbocycles. The van der Waals surface area contributed by atoms with Crippen LogP contribution in [0.25, 0.3) is 11.0 Å². The molecule has 3 heterocycles. The number of nitrogens with zero attached hydrogens (tertiary/aromatic N) is 6. The number of amides is 1. The summed E-state index contributed by atoms with van der Waals surface area (Å²) in [5.74, 6) is -0.705. The Hall–Kier alpha value is -3.94. The van der Waals surface area contributed by atoms with Gasteiger partial charge >= 0.3 is 0 Å². The van der Waals surface area contributed by atoms with Crippen LogP contribution in [0.3, 0.4) is 0 Å². The number of anilines is 1. The Balaban J connectivity index is 1.81. The molecule has 1 atom stereocenters. The van der Waals surface area contributed by atoms with Crippen LogP contribution >= 0.6 is 0 Å². The predicted octanol–water partition coefficient (Wildman–Crippen LogP) is 3.84. The van der Waals surface area contributed by atoms with E-state index in [9.17, 15) is 28.0 Å². The van der Waals surface area contributed by atoms with Gasteiger partial charge in [0.25, 0.3) is 12.0 Å². The minimum atomic E-state index is -2.94. The fourth-order valence-electron chi connectivity index (χ4n) is 5.01. The number of pyridine rings is 1. The van der Waals surface area contributed by atoms with Gasteiger partial charge in [-0.1, -0.05) is 18.2 Å². The van der Waals surface area contributed by atoms with Crippen LogP contribution in [0, 0.1) is 17.1 Å². The Morgan fingerprint density at radius 3 is 2.70 bits per heavy atom. The van der Waals surface area contributed by atoms with E-state index < -0.39 is 23.2 Å². The quantitative estimate of drug-likeness (QED) is 0.516. The first-order chi connectivity index (χ1) is 17.6. The van der Waals surface area contributed by atoms with Crippen molar-refractivity contribution in [1.82, 2.24) is 19.4 Å². The first kappa shape index (κ1) is 26.1. The van der Waals surface area contributed by atoms with Crippen LogP contribution in [0.2, 0.25) is 0 Å². The summed E-state index contributed by atoms with van der Waals surface area (Å²) in [6.07, 6.45) is -0.405. The van der Waals surface area contributed by atoms with Crippen molar-refractivity contribution in [2.24, 2.45) is 7.05 Å². The maximum atomic E-state index is 14.7. The average Bonchev–Trinajstić information content (AvgIpc) is 3.10. The lowest BCUT2D eigenvalue weighted by molar-refractivity contribution is -0.128. The Kier molecular flexibility index (Phi) is 7.21. The number of carbonyl (C=O) groups is 1. The minimum Gasteiger partial charge on any atom is -0.355 e. The number of halogens is 3. The normalized spacial score (nSPS) is 18.1. The molecule has 3 aromatic rings. The van der Waals surface area contributed by atoms with Gasteiger partial charge in [-0.25, -0.2) is 23.1 Å². The van der Waals surface area contributed by atoms with Crippen LogP contribution in [-0.2, 0) is 23.8 Å². The summed E-state index contributed by atoms with van der Waals surface area (Å²) in [7, 11) is 3.19. The predicted molar refractivity (Wildman–Crippen MR) is 132 cm³/mol. The molecule has 4 rings (SSSR count). The highest BCUT2D eigenvalue weighted by Crippen LogP contribution is 2.36. The van der Waals surface area contributed by atoms with Gasteiger partial charge in [-0.3, -0.25) is 14.2 Å². The Labute approximate surface area is 212 Å². The number of carbonyl (C=O) groups excluding carboxylic acids is 1. The van der Waals surface area contributed by atoms with Crippen molar-refractivity contribution in [3.63, 3.8) is 0 Å². The molecule has 1 unspecified atom stereocenters. The molecule has 0 N–H and O–H groups in total. The van der Waals surface area contributed by atoms with Crippen LogP contribution in [-0.4, -0.2) is 45.5 Å². The monoisotopic (exact) mass is 512 g/mol. The van der Waals surface area contributed by atoms with Gasteiger partial charge in [-0.05, 0) is 25.3 Å². The van der Waals surface area contributed by atoms with E-state index in [0.29, 0.717) is 49.2 Å². The van der Waals surface area contributed by atoms with Crippen LogP contribution in [0.1, 0.15) is 49.3 Å². The number of aromatic nitrogens is 3. The van der Waals surface area contributed by atoms with Crippen molar-refractivity contribution >= 4 is 22.8 Å². The second kappa shape index (κ2) is 10.2. The molecule has 37 heavy (non-hydrogen) atoms. The van der Waals surface area contributed by atoms with E-state index in [2.05, 4.69) is 16.0 Å². The van der Waals surface area contributed by atoms with E-state index in [1.165, 1.54) is 30.0 Å². The van der Waals surface area contributed by atoms with Crippen molar-refractivity contribution in [2.45, 2.75) is 44.6 Å². The fraction of sp³-hybridized carbons (Fsp3) is 0.423. The molecule has 1 amide bonds. The summed E-state index contributed by atoms with van der Waals surface area (Å²) < 4.78 is 42.5. The van der Waals surface area contributed by atoms with Crippen molar-refractivity contribution < 1.29 is 18.0 Å². The SMILES string of the molecule is CC(=O)N1CCCC(C#N)(c2cc3c(N(C)Cc4cccc(C(F)F)c4F)ncnc3n(C)c2=O)CC1. The second-order valence-electron chi connectivity index (χ2n) is 9.39. The molecule has 194 valence electrons. The topological polar surface area (TPSA) is 95.1 Å². The van der Waals surface area contributed by atoms with E-state index in [0.717, 1.165) is 6.07 Å². The smallest absolute Gasteiger partial charge is 0.266 e. The molecule has 1 fully saturated rings. The number of hydrogen-bond acceptors (Lipinski definition) is 6. The van der Waals surface area contributed by atoms with Gasteiger partial charge in [0.1, 0.15) is 23.6 Å². The van der Waals surface area contributed by atoms with Gasteiger partial charge in [0, 0.05) is 51.8 Å². The number of rotatable bonds is 5. The zero-order chi connectivity index (χ0) is 26.9. The minimum absolute atomic E-state index is 0.0619. The van der Waals surface area contributed by atoms with Gasteiger partial charge < -0.3 is 9.80 Å². The first-order valence-corrected chi connectivity index (χ1v) is 11.9. The van der Waals surface area contributed by atoms with Gasteiger partial charge in [0.15, 0.2) is 0 Å². The summed E-state index contributed by atoms with van der Waals surface area (Å²) in [6, 6.07) is 7.82. The van der Waals surface area contributed by atoms with Gasteiger partial charge in [0.2, 0.25) is 5.91 Å². The fourth-order valence-corrected chi connectivity index (χ4v) is 5.01. The number of nitriles is 1. The Bertz CT molecular complexity index is 1450. The maximum Gasteiger partial charge on any atom is 0.266 e. The maximum absolute atomic E-state index is 14.7. The molecule has 0 bridgehead atoms. The van der Waals surface area contributed by atoms with Crippen molar-refractivity contribution in [1.29, 1.82) is 5.26 Å². The summed E-state index contributed by atoms with van der Waals surface area (Å²) in [4.78, 5) is 37.2. The van der Waals surface area contributed by atoms with Gasteiger partial charge in [-0.2, -0.15) is 5.26 Å². The zero-order valence-corrected chi connectivity index (χ0v) is 20.8. The van der Waals surface area contributed by atoms with E-state index in [1.54, 1.807) is 30.0 Å². The molecular formula is C26H27F3N6O2. The van der Waals surface area contributed by atoms with Gasteiger partial charge in [-0.15, -0.1) is 0 Å². The lowest BCUT2D eigenvalue weighted by Gasteiger charge is -2.27. The molecule has 8 nitrogen and oxygen atoms in total. The molecule has 1 aliphatic rings. The van der Waals surface area contributed by atoms with Crippen molar-refractivity contribution in [2.75, 3.05) is 25.0 Å². The summed E-state index contributed by atoms with van der Waals surface area (Å²) >= 11 is 0. The molecule has 2 aromatic heterocycles. The summed E-state index contributed by atoms with van der Waals surface area (Å²) in [6.45, 7) is 2.27. The molecule has 11 heteroatoms. The molecule has 0 radical (unpaired) electrons. The Morgan fingerprint density at radius 2 is 2.03 bits per heavy atom. The Morgan fingerprint density at radius 1 is 1.27 bits per heavy atom. The molecule has 0 saturated carbocycles. The second-order valence-corrected chi connectivity index (χ2v) is 9.39. The lowest BCUT2D eigenvalue weighted by atomic mass is 9.76. The van der Waals surface area contributed by atoms with E-state index in [-0.39, 0.29) is 29.1 Å². The standard InChI is InChI=1S/C26H27F3N6O2/c1-16(36)35-10-5-8-26(14-30,9-11-35)20-12-19-23(31-15-32-24(19)34(3)25(20)37)33(2)13-17-6-4-7-18(21(17)27)22(28)29/h4,6-7,12,15,22H,5,8-11,13H2,1-3H3. The molecule has 0 aliphatic carbocycles. The average molecular weight is 513 g/mol. The first-order valence-electron chi connectivity index (χ1n) is 11.9. The van der Waals surface area contributed by atoms with Crippen molar-refractivity contribution in [3.8, 4) is 6.07 Å². The van der Waals surface area contributed by atoms with Crippen molar-refractivity contribution in [3.05, 3.63) is 63.5 Å². The number of benzene rings is 1. The van der Waals surface area contributed by atoms with Crippen LogP contribution in [0.4, 0.5) is 19.0 Å². The molecule has 1 saturated heterocycles. The third kappa shape index (κ3) is 4.75. The largest absolute Gasteiger partial charge is 0.355 e. The van der Waals surface area contributed by atoms with Crippen LogP contribution < -0.4 is 10.5 Å². The molecule has 0 spiro atoms. The van der Waals surface area contributed by atoms with E-state index >= 15 is 0 Å². The number of fused-ring (bicyclic) bond motifs is 1. The number of likely N-dealkylation sites (tertiary alicyclic amines) is 1. The summed E-state index contributed by atoms with van der Waals surface area (Å²) in [5.41, 5.74) is -1.49. The third-order valence-corrected chi connectivity index (χ3v) is 7.11. The zero-order valence-electron chi connectivity index (χ0n) is 20.8. The third-order valence-electron chi connectivity index (χ3n) is 7.11.